The maximum atomic E-state index is 10.7. The summed E-state index contributed by atoms with van der Waals surface area (Å²) >= 11 is 0. The number of alkyl halides is 3. The highest BCUT2D eigenvalue weighted by atomic mass is 32.2. The molecule has 1 aromatic heterocycles. The predicted molar refractivity (Wildman–Crippen MR) is 45.5 cm³/mol. The lowest BCUT2D eigenvalue weighted by Gasteiger charge is -1.97. The molecular formula is C6H9F3N2O3S. The van der Waals surface area contributed by atoms with Crippen LogP contribution in [0.25, 0.3) is 0 Å². The second kappa shape index (κ2) is 4.62. The fourth-order valence-corrected chi connectivity index (χ4v) is 0.440. The van der Waals surface area contributed by atoms with Crippen LogP contribution in [0, 0.1) is 6.92 Å². The van der Waals surface area contributed by atoms with E-state index in [0.29, 0.717) is 0 Å². The van der Waals surface area contributed by atoms with E-state index in [1.54, 1.807) is 6.20 Å². The molecule has 0 aromatic carbocycles. The summed E-state index contributed by atoms with van der Waals surface area (Å²) in [6.07, 6.45) is 3.71. The van der Waals surface area contributed by atoms with Gasteiger partial charge in [-0.25, -0.2) is 4.98 Å². The van der Waals surface area contributed by atoms with Gasteiger partial charge in [-0.1, -0.05) is 0 Å². The minimum atomic E-state index is -5.84. The molecule has 0 saturated carbocycles. The standard InChI is InChI=1S/C5H8N2.CHF3O3S/c1-5-6-3-4-7(5)2;2-1(3,4)8(5,6)7/h3-4H,1-2H3;(H,5,6,7). The monoisotopic (exact) mass is 246 g/mol. The minimum absolute atomic E-state index is 1.06. The van der Waals surface area contributed by atoms with Crippen LogP contribution in [-0.2, 0) is 17.2 Å². The molecule has 0 fully saturated rings. The van der Waals surface area contributed by atoms with Gasteiger partial charge in [0.05, 0.1) is 0 Å². The van der Waals surface area contributed by atoms with Gasteiger partial charge in [-0.3, -0.25) is 4.55 Å². The average Bonchev–Trinajstić information content (AvgIpc) is 2.33. The lowest BCUT2D eigenvalue weighted by atomic mass is 10.7. The zero-order valence-corrected chi connectivity index (χ0v) is 8.67. The van der Waals surface area contributed by atoms with Gasteiger partial charge >= 0.3 is 15.6 Å². The molecule has 15 heavy (non-hydrogen) atoms. The van der Waals surface area contributed by atoms with Crippen molar-refractivity contribution in [1.82, 2.24) is 9.55 Å². The molecule has 88 valence electrons. The van der Waals surface area contributed by atoms with E-state index in [-0.39, 0.29) is 0 Å². The van der Waals surface area contributed by atoms with E-state index in [1.807, 2.05) is 24.7 Å². The first kappa shape index (κ1) is 13.9. The number of aryl methyl sites for hydroxylation is 2. The third kappa shape index (κ3) is 4.79. The highest BCUT2D eigenvalue weighted by molar-refractivity contribution is 7.86. The molecule has 0 bridgehead atoms. The molecule has 1 heterocycles. The van der Waals surface area contributed by atoms with Crippen molar-refractivity contribution in [3.63, 3.8) is 0 Å². The number of halogens is 3. The van der Waals surface area contributed by atoms with Crippen molar-refractivity contribution >= 4 is 10.1 Å². The molecule has 1 N–H and O–H groups in total. The lowest BCUT2D eigenvalue weighted by Crippen LogP contribution is -2.21. The quantitative estimate of drug-likeness (QED) is 0.550. The van der Waals surface area contributed by atoms with Crippen LogP contribution in [0.1, 0.15) is 5.82 Å². The molecule has 0 aliphatic heterocycles. The maximum Gasteiger partial charge on any atom is 0.522 e. The largest absolute Gasteiger partial charge is 0.522 e. The molecule has 5 nitrogen and oxygen atoms in total. The zero-order chi connectivity index (χ0) is 12.3. The van der Waals surface area contributed by atoms with Gasteiger partial charge in [0.2, 0.25) is 0 Å². The van der Waals surface area contributed by atoms with Gasteiger partial charge in [-0.2, -0.15) is 21.6 Å². The van der Waals surface area contributed by atoms with Gasteiger partial charge in [0.15, 0.2) is 0 Å². The van der Waals surface area contributed by atoms with Gasteiger partial charge in [-0.15, -0.1) is 0 Å². The Kier molecular flexibility index (Phi) is 4.28. The zero-order valence-electron chi connectivity index (χ0n) is 7.85. The number of nitrogens with zero attached hydrogens (tertiary/aromatic N) is 2. The van der Waals surface area contributed by atoms with Crippen LogP contribution in [0.5, 0.6) is 0 Å². The van der Waals surface area contributed by atoms with Crippen LogP contribution in [0.4, 0.5) is 13.2 Å². The summed E-state index contributed by atoms with van der Waals surface area (Å²) in [6.45, 7) is 1.97. The van der Waals surface area contributed by atoms with Gasteiger partial charge in [0, 0.05) is 19.4 Å². The normalized spacial score (nSPS) is 11.9. The number of aromatic nitrogens is 2. The number of hydrogen-bond acceptors (Lipinski definition) is 3. The molecule has 1 aromatic rings. The topological polar surface area (TPSA) is 72.2 Å². The van der Waals surface area contributed by atoms with Gasteiger partial charge < -0.3 is 4.57 Å². The highest BCUT2D eigenvalue weighted by Crippen LogP contribution is 2.20. The Hall–Kier alpha value is -1.09. The minimum Gasteiger partial charge on any atom is -0.338 e. The molecule has 1 rings (SSSR count). The van der Waals surface area contributed by atoms with E-state index in [2.05, 4.69) is 4.98 Å². The summed E-state index contributed by atoms with van der Waals surface area (Å²) in [5.74, 6) is 1.06. The number of rotatable bonds is 0. The van der Waals surface area contributed by atoms with Gasteiger partial charge in [-0.05, 0) is 6.92 Å². The first-order valence-electron chi connectivity index (χ1n) is 3.53. The van der Waals surface area contributed by atoms with Crippen molar-refractivity contribution < 1.29 is 26.1 Å². The third-order valence-electron chi connectivity index (χ3n) is 1.35. The molecule has 0 unspecified atom stereocenters. The second-order valence-corrected chi connectivity index (χ2v) is 3.92. The summed E-state index contributed by atoms with van der Waals surface area (Å²) in [5, 5.41) is 0. The van der Waals surface area contributed by atoms with E-state index in [4.69, 9.17) is 13.0 Å². The summed E-state index contributed by atoms with van der Waals surface area (Å²) in [7, 11) is -3.87. The molecule has 0 atom stereocenters. The molecular weight excluding hydrogens is 237 g/mol. The van der Waals surface area contributed by atoms with Crippen molar-refractivity contribution in [2.45, 2.75) is 12.4 Å². The van der Waals surface area contributed by atoms with E-state index in [0.717, 1.165) is 5.82 Å². The highest BCUT2D eigenvalue weighted by Gasteiger charge is 2.44. The summed E-state index contributed by atoms with van der Waals surface area (Å²) in [4.78, 5) is 3.98. The number of imidazole rings is 1. The van der Waals surface area contributed by atoms with Crippen molar-refractivity contribution in [2.75, 3.05) is 0 Å². The molecule has 0 aliphatic carbocycles. The fourth-order valence-electron chi connectivity index (χ4n) is 0.440. The van der Waals surface area contributed by atoms with Crippen LogP contribution in [0.15, 0.2) is 12.4 Å². The average molecular weight is 246 g/mol. The SMILES string of the molecule is Cc1nccn1C.O=S(=O)(O)C(F)(F)F. The predicted octanol–water partition coefficient (Wildman–Crippen LogP) is 1.12. The van der Waals surface area contributed by atoms with Crippen LogP contribution in [-0.4, -0.2) is 28.0 Å². The summed E-state index contributed by atoms with van der Waals surface area (Å²) in [5.41, 5.74) is -5.53. The molecule has 0 spiro atoms. The Morgan fingerprint density at radius 1 is 1.47 bits per heavy atom. The van der Waals surface area contributed by atoms with Crippen LogP contribution >= 0.6 is 0 Å². The van der Waals surface area contributed by atoms with E-state index < -0.39 is 15.6 Å². The Morgan fingerprint density at radius 3 is 1.93 bits per heavy atom. The Bertz CT molecular complexity index is 393. The Morgan fingerprint density at radius 2 is 1.87 bits per heavy atom. The van der Waals surface area contributed by atoms with Crippen molar-refractivity contribution in [1.29, 1.82) is 0 Å². The molecule has 0 amide bonds. The van der Waals surface area contributed by atoms with Crippen LogP contribution in [0.2, 0.25) is 0 Å². The molecule has 0 radical (unpaired) electrons. The first-order chi connectivity index (χ1) is 6.55. The van der Waals surface area contributed by atoms with Crippen LogP contribution in [0.3, 0.4) is 0 Å². The van der Waals surface area contributed by atoms with E-state index in [9.17, 15) is 13.2 Å². The molecule has 9 heteroatoms. The van der Waals surface area contributed by atoms with Crippen molar-refractivity contribution in [3.05, 3.63) is 18.2 Å². The summed E-state index contributed by atoms with van der Waals surface area (Å²) in [6, 6.07) is 0. The van der Waals surface area contributed by atoms with Crippen LogP contribution < -0.4 is 0 Å². The third-order valence-corrected chi connectivity index (χ3v) is 1.94. The maximum absolute atomic E-state index is 10.7. The summed E-state index contributed by atoms with van der Waals surface area (Å²) < 4.78 is 59.5. The molecule has 0 aliphatic rings. The molecule has 0 saturated heterocycles. The fraction of sp³-hybridized carbons (Fsp3) is 0.500. The number of hydrogen-bond donors (Lipinski definition) is 1. The lowest BCUT2D eigenvalue weighted by molar-refractivity contribution is -0.0510. The first-order valence-corrected chi connectivity index (χ1v) is 4.97. The van der Waals surface area contributed by atoms with Gasteiger partial charge in [0.1, 0.15) is 5.82 Å². The van der Waals surface area contributed by atoms with Crippen molar-refractivity contribution in [2.24, 2.45) is 7.05 Å². The van der Waals surface area contributed by atoms with E-state index >= 15 is 0 Å². The smallest absolute Gasteiger partial charge is 0.338 e. The van der Waals surface area contributed by atoms with Gasteiger partial charge in [0.25, 0.3) is 0 Å². The second-order valence-electron chi connectivity index (χ2n) is 2.51. The van der Waals surface area contributed by atoms with Crippen molar-refractivity contribution in [3.8, 4) is 0 Å². The van der Waals surface area contributed by atoms with E-state index in [1.165, 1.54) is 0 Å². The Balaban J connectivity index is 0.000000262. The Labute approximate surface area is 84.3 Å².